The van der Waals surface area contributed by atoms with Crippen LogP contribution in [0.4, 0.5) is 0 Å². The first kappa shape index (κ1) is 20.1. The zero-order valence-corrected chi connectivity index (χ0v) is 17.9. The summed E-state index contributed by atoms with van der Waals surface area (Å²) in [6.07, 6.45) is 5.59. The Bertz CT molecular complexity index is 1120. The molecule has 1 aromatic carbocycles. The van der Waals surface area contributed by atoms with Crippen LogP contribution < -0.4 is 5.56 Å². The maximum atomic E-state index is 13.5. The van der Waals surface area contributed by atoms with Gasteiger partial charge in [-0.3, -0.25) is 14.2 Å². The van der Waals surface area contributed by atoms with E-state index in [1.165, 1.54) is 24.0 Å². The Morgan fingerprint density at radius 2 is 2.14 bits per heavy atom. The van der Waals surface area contributed by atoms with Gasteiger partial charge in [-0.05, 0) is 55.4 Å². The first-order valence-corrected chi connectivity index (χ1v) is 11.1. The molecule has 0 amide bonds. The Morgan fingerprint density at radius 3 is 2.93 bits per heavy atom. The molecule has 0 N–H and O–H groups in total. The lowest BCUT2D eigenvalue weighted by atomic mass is 9.97. The summed E-state index contributed by atoms with van der Waals surface area (Å²) in [7, 11) is 1.38. The Labute approximate surface area is 178 Å². The number of ether oxygens (including phenoxy) is 1. The van der Waals surface area contributed by atoms with Crippen molar-refractivity contribution in [1.82, 2.24) is 9.55 Å². The highest BCUT2D eigenvalue weighted by Gasteiger charge is 2.22. The van der Waals surface area contributed by atoms with E-state index < -0.39 is 0 Å². The number of halogens is 1. The van der Waals surface area contributed by atoms with Crippen molar-refractivity contribution in [2.24, 2.45) is 0 Å². The number of aryl methyl sites for hydroxylation is 2. The van der Waals surface area contributed by atoms with E-state index >= 15 is 0 Å². The van der Waals surface area contributed by atoms with Crippen LogP contribution in [0.2, 0.25) is 5.02 Å². The van der Waals surface area contributed by atoms with Crippen molar-refractivity contribution in [2.75, 3.05) is 7.11 Å². The van der Waals surface area contributed by atoms with Gasteiger partial charge >= 0.3 is 5.97 Å². The molecular formula is C22H23ClN2O3S. The summed E-state index contributed by atoms with van der Waals surface area (Å²) in [6.45, 7) is 0.442. The van der Waals surface area contributed by atoms with Crippen LogP contribution >= 0.6 is 22.9 Å². The third-order valence-corrected chi connectivity index (χ3v) is 6.82. The van der Waals surface area contributed by atoms with Gasteiger partial charge in [0, 0.05) is 29.3 Å². The summed E-state index contributed by atoms with van der Waals surface area (Å²) in [6, 6.07) is 7.62. The summed E-state index contributed by atoms with van der Waals surface area (Å²) in [5.41, 5.74) is 2.20. The molecule has 5 nitrogen and oxygen atoms in total. The second-order valence-electron chi connectivity index (χ2n) is 7.36. The van der Waals surface area contributed by atoms with Crippen LogP contribution in [0.25, 0.3) is 10.2 Å². The number of nitrogens with zero attached hydrogens (tertiary/aromatic N) is 2. The maximum Gasteiger partial charge on any atom is 0.305 e. The van der Waals surface area contributed by atoms with Gasteiger partial charge in [0.2, 0.25) is 0 Å². The maximum absolute atomic E-state index is 13.5. The van der Waals surface area contributed by atoms with E-state index in [-0.39, 0.29) is 17.9 Å². The van der Waals surface area contributed by atoms with Gasteiger partial charge in [-0.1, -0.05) is 23.7 Å². The number of hydrogen-bond donors (Lipinski definition) is 0. The molecule has 7 heteroatoms. The molecule has 0 atom stereocenters. The molecule has 152 valence electrons. The number of benzene rings is 1. The Hall–Kier alpha value is -2.18. The van der Waals surface area contributed by atoms with Crippen LogP contribution in [-0.4, -0.2) is 22.6 Å². The average Bonchev–Trinajstić information content (AvgIpc) is 3.08. The number of thiophene rings is 1. The number of hydrogen-bond acceptors (Lipinski definition) is 5. The van der Waals surface area contributed by atoms with Crippen LogP contribution in [0.15, 0.2) is 29.1 Å². The summed E-state index contributed by atoms with van der Waals surface area (Å²) < 4.78 is 6.48. The second kappa shape index (κ2) is 8.67. The molecule has 1 aliphatic rings. The van der Waals surface area contributed by atoms with Crippen LogP contribution in [0, 0.1) is 0 Å². The number of methoxy groups -OCH3 is 1. The van der Waals surface area contributed by atoms with Gasteiger partial charge in [0.25, 0.3) is 5.56 Å². The van der Waals surface area contributed by atoms with E-state index in [2.05, 4.69) is 0 Å². The summed E-state index contributed by atoms with van der Waals surface area (Å²) in [5.74, 6) is 0.449. The minimum Gasteiger partial charge on any atom is -0.469 e. The summed E-state index contributed by atoms with van der Waals surface area (Å²) >= 11 is 7.80. The van der Waals surface area contributed by atoms with Crippen molar-refractivity contribution < 1.29 is 9.53 Å². The van der Waals surface area contributed by atoms with E-state index in [0.717, 1.165) is 35.0 Å². The van der Waals surface area contributed by atoms with Crippen LogP contribution in [0.5, 0.6) is 0 Å². The van der Waals surface area contributed by atoms with E-state index in [1.54, 1.807) is 15.9 Å². The fourth-order valence-corrected chi connectivity index (χ4v) is 5.44. The Kier molecular flexibility index (Phi) is 6.01. The smallest absolute Gasteiger partial charge is 0.305 e. The van der Waals surface area contributed by atoms with Crippen LogP contribution in [0.3, 0.4) is 0 Å². The molecule has 3 aromatic rings. The van der Waals surface area contributed by atoms with Gasteiger partial charge in [-0.2, -0.15) is 0 Å². The molecule has 2 heterocycles. The molecule has 0 fully saturated rings. The minimum atomic E-state index is -0.267. The molecule has 1 aliphatic carbocycles. The number of aromatic nitrogens is 2. The number of fused-ring (bicyclic) bond motifs is 3. The largest absolute Gasteiger partial charge is 0.469 e. The predicted molar refractivity (Wildman–Crippen MR) is 116 cm³/mol. The third kappa shape index (κ3) is 4.23. The fourth-order valence-electron chi connectivity index (χ4n) is 3.96. The van der Waals surface area contributed by atoms with Crippen molar-refractivity contribution in [1.29, 1.82) is 0 Å². The summed E-state index contributed by atoms with van der Waals surface area (Å²) in [4.78, 5) is 32.0. The van der Waals surface area contributed by atoms with Crippen LogP contribution in [0.1, 0.15) is 47.5 Å². The van der Waals surface area contributed by atoms with Crippen molar-refractivity contribution in [3.05, 3.63) is 61.5 Å². The van der Waals surface area contributed by atoms with Gasteiger partial charge in [0.15, 0.2) is 0 Å². The lowest BCUT2D eigenvalue weighted by Gasteiger charge is -2.14. The zero-order valence-electron chi connectivity index (χ0n) is 16.4. The molecular weight excluding hydrogens is 408 g/mol. The molecule has 0 spiro atoms. The third-order valence-electron chi connectivity index (χ3n) is 5.40. The van der Waals surface area contributed by atoms with E-state index in [9.17, 15) is 9.59 Å². The van der Waals surface area contributed by atoms with Crippen molar-refractivity contribution in [3.8, 4) is 0 Å². The Morgan fingerprint density at radius 1 is 1.31 bits per heavy atom. The SMILES string of the molecule is COC(=O)CCCn1c(Cc2cccc(Cl)c2)nc2sc3c(c2c1=O)CCCC3. The molecule has 0 saturated heterocycles. The highest BCUT2D eigenvalue weighted by Crippen LogP contribution is 2.34. The lowest BCUT2D eigenvalue weighted by molar-refractivity contribution is -0.140. The molecule has 4 rings (SSSR count). The summed E-state index contributed by atoms with van der Waals surface area (Å²) in [5, 5.41) is 1.44. The van der Waals surface area contributed by atoms with E-state index in [1.807, 2.05) is 24.3 Å². The van der Waals surface area contributed by atoms with Gasteiger partial charge in [0.05, 0.1) is 12.5 Å². The molecule has 0 unspecified atom stereocenters. The first-order chi connectivity index (χ1) is 14.1. The van der Waals surface area contributed by atoms with Gasteiger partial charge < -0.3 is 4.74 Å². The van der Waals surface area contributed by atoms with E-state index in [4.69, 9.17) is 21.3 Å². The number of carbonyl (C=O) groups is 1. The first-order valence-electron chi connectivity index (χ1n) is 9.92. The quantitative estimate of drug-likeness (QED) is 0.539. The van der Waals surface area contributed by atoms with E-state index in [0.29, 0.717) is 30.2 Å². The monoisotopic (exact) mass is 430 g/mol. The van der Waals surface area contributed by atoms with Gasteiger partial charge in [0.1, 0.15) is 10.7 Å². The molecule has 29 heavy (non-hydrogen) atoms. The Balaban J connectivity index is 1.77. The normalized spacial score (nSPS) is 13.4. The standard InChI is InChI=1S/C22H23ClN2O3S/c1-28-19(26)10-5-11-25-18(13-14-6-4-7-15(23)12-14)24-21-20(22(25)27)16-8-2-3-9-17(16)29-21/h4,6-7,12H,2-3,5,8-11,13H2,1H3. The van der Waals surface area contributed by atoms with Gasteiger partial charge in [-0.15, -0.1) is 11.3 Å². The van der Waals surface area contributed by atoms with Crippen molar-refractivity contribution >= 4 is 39.1 Å². The van der Waals surface area contributed by atoms with Crippen molar-refractivity contribution in [3.63, 3.8) is 0 Å². The molecule has 2 aromatic heterocycles. The molecule has 0 radical (unpaired) electrons. The average molecular weight is 431 g/mol. The fraction of sp³-hybridized carbons (Fsp3) is 0.409. The minimum absolute atomic E-state index is 0.0105. The topological polar surface area (TPSA) is 61.2 Å². The zero-order chi connectivity index (χ0) is 20.4. The second-order valence-corrected chi connectivity index (χ2v) is 8.88. The number of carbonyl (C=O) groups excluding carboxylic acids is 1. The van der Waals surface area contributed by atoms with Crippen molar-refractivity contribution in [2.45, 2.75) is 51.5 Å². The molecule has 0 bridgehead atoms. The number of rotatable bonds is 6. The molecule has 0 saturated carbocycles. The highest BCUT2D eigenvalue weighted by atomic mass is 35.5. The lowest BCUT2D eigenvalue weighted by Crippen LogP contribution is -2.26. The van der Waals surface area contributed by atoms with Crippen LogP contribution in [-0.2, 0) is 35.3 Å². The predicted octanol–water partition coefficient (Wildman–Crippen LogP) is 4.53. The highest BCUT2D eigenvalue weighted by molar-refractivity contribution is 7.18. The van der Waals surface area contributed by atoms with Gasteiger partial charge in [-0.25, -0.2) is 4.98 Å². The number of esters is 1. The molecule has 0 aliphatic heterocycles.